The highest BCUT2D eigenvalue weighted by Crippen LogP contribution is 2.11. The van der Waals surface area contributed by atoms with Gasteiger partial charge in [-0.15, -0.1) is 0 Å². The van der Waals surface area contributed by atoms with E-state index in [4.69, 9.17) is 0 Å². The maximum absolute atomic E-state index is 13.4. The van der Waals surface area contributed by atoms with Crippen molar-refractivity contribution in [3.8, 4) is 0 Å². The van der Waals surface area contributed by atoms with Crippen molar-refractivity contribution in [1.82, 2.24) is 10.2 Å². The lowest BCUT2D eigenvalue weighted by atomic mass is 10.1. The fraction of sp³-hybridized carbons (Fsp3) is 0.462. The van der Waals surface area contributed by atoms with E-state index in [0.717, 1.165) is 25.1 Å². The van der Waals surface area contributed by atoms with Gasteiger partial charge in [-0.2, -0.15) is 0 Å². The number of hydrogen-bond donors (Lipinski definition) is 1. The van der Waals surface area contributed by atoms with Crippen molar-refractivity contribution in [2.45, 2.75) is 12.8 Å². The quantitative estimate of drug-likeness (QED) is 0.784. The molecule has 0 aliphatic heterocycles. The first-order valence-electron chi connectivity index (χ1n) is 5.87. The molecule has 1 aromatic carbocycles. The smallest absolute Gasteiger partial charge is 0.226 e. The van der Waals surface area contributed by atoms with Crippen molar-refractivity contribution >= 4 is 5.91 Å². The first kappa shape index (κ1) is 14.6. The van der Waals surface area contributed by atoms with E-state index in [2.05, 4.69) is 5.32 Å². The lowest BCUT2D eigenvalue weighted by molar-refractivity contribution is -0.129. The van der Waals surface area contributed by atoms with Crippen LogP contribution in [0.15, 0.2) is 18.2 Å². The molecule has 0 aliphatic carbocycles. The summed E-state index contributed by atoms with van der Waals surface area (Å²) in [7, 11) is 3.52. The zero-order chi connectivity index (χ0) is 13.5. The van der Waals surface area contributed by atoms with Crippen LogP contribution >= 0.6 is 0 Å². The molecule has 0 spiro atoms. The van der Waals surface area contributed by atoms with Crippen LogP contribution < -0.4 is 5.32 Å². The second-order valence-electron chi connectivity index (χ2n) is 4.18. The summed E-state index contributed by atoms with van der Waals surface area (Å²) in [5.74, 6) is -1.48. The van der Waals surface area contributed by atoms with Gasteiger partial charge in [0.25, 0.3) is 0 Å². The Kier molecular flexibility index (Phi) is 5.71. The zero-order valence-electron chi connectivity index (χ0n) is 10.7. The first-order chi connectivity index (χ1) is 8.54. The molecule has 0 bridgehead atoms. The van der Waals surface area contributed by atoms with Crippen LogP contribution in [0.5, 0.6) is 0 Å². The minimum atomic E-state index is -0.674. The van der Waals surface area contributed by atoms with E-state index in [1.165, 1.54) is 6.07 Å². The van der Waals surface area contributed by atoms with Crippen LogP contribution in [0.2, 0.25) is 0 Å². The van der Waals surface area contributed by atoms with Gasteiger partial charge in [0.2, 0.25) is 5.91 Å². The number of benzene rings is 1. The summed E-state index contributed by atoms with van der Waals surface area (Å²) in [5.41, 5.74) is 0.224. The number of halogens is 2. The Hall–Kier alpha value is -1.49. The third kappa shape index (κ3) is 4.41. The molecule has 18 heavy (non-hydrogen) atoms. The fourth-order valence-electron chi connectivity index (χ4n) is 1.58. The van der Waals surface area contributed by atoms with Gasteiger partial charge in [-0.3, -0.25) is 4.79 Å². The Labute approximate surface area is 106 Å². The SMILES string of the molecule is CNCCCN(C)C(=O)Cc1ccc(F)cc1F. The Morgan fingerprint density at radius 3 is 2.72 bits per heavy atom. The molecule has 0 heterocycles. The number of carbonyl (C=O) groups is 1. The first-order valence-corrected chi connectivity index (χ1v) is 5.87. The van der Waals surface area contributed by atoms with Crippen LogP contribution in [0.4, 0.5) is 8.78 Å². The Balaban J connectivity index is 2.53. The van der Waals surface area contributed by atoms with Gasteiger partial charge in [-0.1, -0.05) is 6.07 Å². The number of hydrogen-bond acceptors (Lipinski definition) is 2. The molecule has 1 N–H and O–H groups in total. The molecule has 3 nitrogen and oxygen atoms in total. The van der Waals surface area contributed by atoms with Crippen LogP contribution in [0.25, 0.3) is 0 Å². The largest absolute Gasteiger partial charge is 0.345 e. The average molecular weight is 256 g/mol. The molecule has 0 saturated carbocycles. The van der Waals surface area contributed by atoms with Crippen LogP contribution in [0.3, 0.4) is 0 Å². The Morgan fingerprint density at radius 1 is 1.39 bits per heavy atom. The summed E-state index contributed by atoms with van der Waals surface area (Å²) in [5, 5.41) is 2.99. The average Bonchev–Trinajstić information content (AvgIpc) is 2.32. The molecule has 1 aromatic rings. The molecule has 0 aliphatic rings. The lowest BCUT2D eigenvalue weighted by Gasteiger charge is -2.17. The van der Waals surface area contributed by atoms with Gasteiger partial charge in [0.1, 0.15) is 11.6 Å². The Morgan fingerprint density at radius 2 is 2.11 bits per heavy atom. The highest BCUT2D eigenvalue weighted by molar-refractivity contribution is 5.78. The molecule has 0 radical (unpaired) electrons. The van der Waals surface area contributed by atoms with Crippen molar-refractivity contribution in [3.63, 3.8) is 0 Å². The van der Waals surface area contributed by atoms with E-state index in [9.17, 15) is 13.6 Å². The van der Waals surface area contributed by atoms with E-state index in [1.54, 1.807) is 11.9 Å². The van der Waals surface area contributed by atoms with Crippen LogP contribution in [0.1, 0.15) is 12.0 Å². The van der Waals surface area contributed by atoms with Gasteiger partial charge >= 0.3 is 0 Å². The maximum Gasteiger partial charge on any atom is 0.226 e. The predicted molar refractivity (Wildman–Crippen MR) is 66.2 cm³/mol. The highest BCUT2D eigenvalue weighted by atomic mass is 19.1. The van der Waals surface area contributed by atoms with Crippen molar-refractivity contribution in [1.29, 1.82) is 0 Å². The molecule has 0 aromatic heterocycles. The second-order valence-corrected chi connectivity index (χ2v) is 4.18. The van der Waals surface area contributed by atoms with Gasteiger partial charge < -0.3 is 10.2 Å². The summed E-state index contributed by atoms with van der Waals surface area (Å²) >= 11 is 0. The van der Waals surface area contributed by atoms with E-state index in [-0.39, 0.29) is 17.9 Å². The van der Waals surface area contributed by atoms with Crippen molar-refractivity contribution in [2.75, 3.05) is 27.2 Å². The van der Waals surface area contributed by atoms with E-state index < -0.39 is 11.6 Å². The summed E-state index contributed by atoms with van der Waals surface area (Å²) in [6.07, 6.45) is 0.798. The number of likely N-dealkylation sites (N-methyl/N-ethyl adjacent to an activating group) is 1. The topological polar surface area (TPSA) is 32.3 Å². The minimum Gasteiger partial charge on any atom is -0.345 e. The lowest BCUT2D eigenvalue weighted by Crippen LogP contribution is -2.30. The van der Waals surface area contributed by atoms with Gasteiger partial charge in [0.15, 0.2) is 0 Å². The molecule has 0 saturated heterocycles. The molecule has 0 unspecified atom stereocenters. The van der Waals surface area contributed by atoms with E-state index in [1.807, 2.05) is 7.05 Å². The monoisotopic (exact) mass is 256 g/mol. The molecule has 100 valence electrons. The number of amides is 1. The summed E-state index contributed by atoms with van der Waals surface area (Å²) in [4.78, 5) is 13.3. The van der Waals surface area contributed by atoms with E-state index >= 15 is 0 Å². The molecular weight excluding hydrogens is 238 g/mol. The zero-order valence-corrected chi connectivity index (χ0v) is 10.7. The van der Waals surface area contributed by atoms with Gasteiger partial charge in [-0.05, 0) is 31.6 Å². The molecule has 0 atom stereocenters. The fourth-order valence-corrected chi connectivity index (χ4v) is 1.58. The normalized spacial score (nSPS) is 10.4. The molecule has 5 heteroatoms. The highest BCUT2D eigenvalue weighted by Gasteiger charge is 2.12. The van der Waals surface area contributed by atoms with Gasteiger partial charge in [0.05, 0.1) is 6.42 Å². The number of rotatable bonds is 6. The summed E-state index contributed by atoms with van der Waals surface area (Å²) < 4.78 is 26.1. The van der Waals surface area contributed by atoms with Crippen LogP contribution in [-0.2, 0) is 11.2 Å². The van der Waals surface area contributed by atoms with Gasteiger partial charge in [-0.25, -0.2) is 8.78 Å². The summed E-state index contributed by atoms with van der Waals surface area (Å²) in [6.45, 7) is 1.44. The number of carbonyl (C=O) groups excluding carboxylic acids is 1. The minimum absolute atomic E-state index is 0.0395. The standard InChI is InChI=1S/C13H18F2N2O/c1-16-6-3-7-17(2)13(18)8-10-4-5-11(14)9-12(10)15/h4-5,9,16H,3,6-8H2,1-2H3. The molecular formula is C13H18F2N2O. The van der Waals surface area contributed by atoms with Gasteiger partial charge in [0, 0.05) is 19.7 Å². The number of nitrogens with zero attached hydrogens (tertiary/aromatic N) is 1. The van der Waals surface area contributed by atoms with E-state index in [0.29, 0.717) is 6.54 Å². The van der Waals surface area contributed by atoms with Crippen LogP contribution in [-0.4, -0.2) is 38.0 Å². The summed E-state index contributed by atoms with van der Waals surface area (Å²) in [6, 6.07) is 3.26. The number of nitrogens with one attached hydrogen (secondary N) is 1. The third-order valence-electron chi connectivity index (χ3n) is 2.70. The van der Waals surface area contributed by atoms with Crippen molar-refractivity contribution in [3.05, 3.63) is 35.4 Å². The predicted octanol–water partition coefficient (Wildman–Crippen LogP) is 1.58. The molecule has 1 rings (SSSR count). The molecule has 1 amide bonds. The Bertz CT molecular complexity index is 410. The molecule has 0 fully saturated rings. The van der Waals surface area contributed by atoms with Crippen molar-refractivity contribution < 1.29 is 13.6 Å². The third-order valence-corrected chi connectivity index (χ3v) is 2.70. The maximum atomic E-state index is 13.4. The second kappa shape index (κ2) is 7.06. The van der Waals surface area contributed by atoms with Crippen molar-refractivity contribution in [2.24, 2.45) is 0 Å². The van der Waals surface area contributed by atoms with Crippen LogP contribution in [0, 0.1) is 11.6 Å².